The third-order valence-electron chi connectivity index (χ3n) is 1.26. The lowest BCUT2D eigenvalue weighted by atomic mass is 10.4. The number of nitrogens with two attached hydrogens (primary N) is 1. The van der Waals surface area contributed by atoms with Gasteiger partial charge in [-0.15, -0.1) is 12.4 Å². The maximum atomic E-state index is 10.6. The first-order chi connectivity index (χ1) is 4.75. The SMILES string of the molecule is Cl.Cn1c(CCN)noc1=O. The molecule has 0 fully saturated rings. The zero-order valence-electron chi connectivity index (χ0n) is 6.11. The Hall–Kier alpha value is -0.810. The number of aromatic nitrogens is 2. The number of halogens is 1. The van der Waals surface area contributed by atoms with Gasteiger partial charge in [-0.2, -0.15) is 0 Å². The summed E-state index contributed by atoms with van der Waals surface area (Å²) < 4.78 is 5.69. The molecule has 6 heteroatoms. The van der Waals surface area contributed by atoms with E-state index in [4.69, 9.17) is 5.73 Å². The van der Waals surface area contributed by atoms with Crippen LogP contribution in [0.4, 0.5) is 0 Å². The molecule has 0 saturated carbocycles. The molecule has 5 nitrogen and oxygen atoms in total. The first kappa shape index (κ1) is 10.2. The van der Waals surface area contributed by atoms with Crippen LogP contribution in [-0.2, 0) is 13.5 Å². The Labute approximate surface area is 69.6 Å². The summed E-state index contributed by atoms with van der Waals surface area (Å²) in [5.74, 6) is 0.149. The Morgan fingerprint density at radius 3 is 2.73 bits per heavy atom. The Kier molecular flexibility index (Phi) is 3.84. The van der Waals surface area contributed by atoms with E-state index in [9.17, 15) is 4.79 Å². The Morgan fingerprint density at radius 2 is 2.36 bits per heavy atom. The highest BCUT2D eigenvalue weighted by Gasteiger charge is 2.03. The normalized spacial score (nSPS) is 9.27. The fraction of sp³-hybridized carbons (Fsp3) is 0.600. The molecule has 2 N–H and O–H groups in total. The van der Waals surface area contributed by atoms with Crippen molar-refractivity contribution >= 4 is 12.4 Å². The van der Waals surface area contributed by atoms with Crippen molar-refractivity contribution in [2.24, 2.45) is 12.8 Å². The molecule has 0 amide bonds. The van der Waals surface area contributed by atoms with Gasteiger partial charge in [0.05, 0.1) is 0 Å². The zero-order valence-corrected chi connectivity index (χ0v) is 6.93. The van der Waals surface area contributed by atoms with Crippen molar-refractivity contribution in [2.45, 2.75) is 6.42 Å². The van der Waals surface area contributed by atoms with Gasteiger partial charge in [0.1, 0.15) is 0 Å². The molecule has 0 radical (unpaired) electrons. The fourth-order valence-corrected chi connectivity index (χ4v) is 0.662. The van der Waals surface area contributed by atoms with Crippen LogP contribution in [0.15, 0.2) is 9.32 Å². The minimum atomic E-state index is -0.441. The molecule has 0 aliphatic carbocycles. The van der Waals surface area contributed by atoms with E-state index in [2.05, 4.69) is 9.68 Å². The maximum absolute atomic E-state index is 10.6. The van der Waals surface area contributed by atoms with Gasteiger partial charge in [0.15, 0.2) is 5.82 Å². The van der Waals surface area contributed by atoms with Crippen LogP contribution in [-0.4, -0.2) is 16.3 Å². The summed E-state index contributed by atoms with van der Waals surface area (Å²) in [4.78, 5) is 10.6. The quantitative estimate of drug-likeness (QED) is 0.652. The Morgan fingerprint density at radius 1 is 1.73 bits per heavy atom. The number of nitrogens with zero attached hydrogens (tertiary/aromatic N) is 2. The van der Waals surface area contributed by atoms with Gasteiger partial charge in [-0.25, -0.2) is 4.79 Å². The average Bonchev–Trinajstić information content (AvgIpc) is 2.20. The van der Waals surface area contributed by atoms with Gasteiger partial charge in [-0.3, -0.25) is 9.09 Å². The van der Waals surface area contributed by atoms with Crippen LogP contribution >= 0.6 is 12.4 Å². The van der Waals surface area contributed by atoms with Crippen LogP contribution in [0.3, 0.4) is 0 Å². The molecule has 64 valence electrons. The molecule has 0 bridgehead atoms. The van der Waals surface area contributed by atoms with Gasteiger partial charge in [-0.05, 0) is 6.54 Å². The molecule has 1 aromatic rings. The van der Waals surface area contributed by atoms with E-state index in [0.29, 0.717) is 18.8 Å². The third kappa shape index (κ3) is 2.06. The smallest absolute Gasteiger partial charge is 0.330 e. The molecule has 0 saturated heterocycles. The van der Waals surface area contributed by atoms with Gasteiger partial charge < -0.3 is 5.73 Å². The minimum Gasteiger partial charge on any atom is -0.330 e. The minimum absolute atomic E-state index is 0. The van der Waals surface area contributed by atoms with E-state index in [0.717, 1.165) is 0 Å². The third-order valence-corrected chi connectivity index (χ3v) is 1.26. The number of hydrogen-bond acceptors (Lipinski definition) is 4. The van der Waals surface area contributed by atoms with E-state index >= 15 is 0 Å². The van der Waals surface area contributed by atoms with E-state index in [1.54, 1.807) is 7.05 Å². The molecular weight excluding hydrogens is 170 g/mol. The van der Waals surface area contributed by atoms with Crippen LogP contribution in [0.5, 0.6) is 0 Å². The van der Waals surface area contributed by atoms with Crippen molar-refractivity contribution < 1.29 is 4.52 Å². The van der Waals surface area contributed by atoms with E-state index < -0.39 is 5.76 Å². The van der Waals surface area contributed by atoms with Crippen LogP contribution < -0.4 is 11.5 Å². The first-order valence-electron chi connectivity index (χ1n) is 2.97. The average molecular weight is 180 g/mol. The van der Waals surface area contributed by atoms with E-state index in [1.165, 1.54) is 4.57 Å². The molecule has 0 aliphatic heterocycles. The van der Waals surface area contributed by atoms with Crippen molar-refractivity contribution in [1.82, 2.24) is 9.72 Å². The number of hydrogen-bond donors (Lipinski definition) is 1. The molecule has 1 rings (SSSR count). The Balaban J connectivity index is 0.000001000. The van der Waals surface area contributed by atoms with Crippen LogP contribution in [0.25, 0.3) is 0 Å². The Bertz CT molecular complexity index is 267. The summed E-state index contributed by atoms with van der Waals surface area (Å²) in [5.41, 5.74) is 5.24. The summed E-state index contributed by atoms with van der Waals surface area (Å²) in [6.07, 6.45) is 0.572. The van der Waals surface area contributed by atoms with Gasteiger partial charge in [0.25, 0.3) is 0 Å². The zero-order chi connectivity index (χ0) is 7.56. The lowest BCUT2D eigenvalue weighted by Gasteiger charge is -1.91. The lowest BCUT2D eigenvalue weighted by Crippen LogP contribution is -2.14. The molecule has 1 heterocycles. The molecule has 1 aromatic heterocycles. The standard InChI is InChI=1S/C5H9N3O2.ClH/c1-8-4(2-3-6)7-10-5(8)9;/h2-3,6H2,1H3;1H. The van der Waals surface area contributed by atoms with Crippen LogP contribution in [0.2, 0.25) is 0 Å². The molecule has 0 aliphatic rings. The van der Waals surface area contributed by atoms with Crippen molar-refractivity contribution in [1.29, 1.82) is 0 Å². The second-order valence-electron chi connectivity index (χ2n) is 1.96. The predicted molar refractivity (Wildman–Crippen MR) is 41.8 cm³/mol. The second kappa shape index (κ2) is 4.15. The highest BCUT2D eigenvalue weighted by molar-refractivity contribution is 5.85. The van der Waals surface area contributed by atoms with Crippen LogP contribution in [0.1, 0.15) is 5.82 Å². The van der Waals surface area contributed by atoms with Gasteiger partial charge in [0, 0.05) is 13.5 Å². The highest BCUT2D eigenvalue weighted by Crippen LogP contribution is 1.87. The summed E-state index contributed by atoms with van der Waals surface area (Å²) in [6, 6.07) is 0. The largest absolute Gasteiger partial charge is 0.441 e. The summed E-state index contributed by atoms with van der Waals surface area (Å²) in [7, 11) is 1.60. The fourth-order valence-electron chi connectivity index (χ4n) is 0.662. The maximum Gasteiger partial charge on any atom is 0.441 e. The second-order valence-corrected chi connectivity index (χ2v) is 1.96. The van der Waals surface area contributed by atoms with E-state index in [-0.39, 0.29) is 12.4 Å². The highest BCUT2D eigenvalue weighted by atomic mass is 35.5. The summed E-state index contributed by atoms with van der Waals surface area (Å²) >= 11 is 0. The van der Waals surface area contributed by atoms with Crippen LogP contribution in [0, 0.1) is 0 Å². The summed E-state index contributed by atoms with van der Waals surface area (Å²) in [5, 5.41) is 3.50. The van der Waals surface area contributed by atoms with Crippen molar-refractivity contribution in [3.63, 3.8) is 0 Å². The lowest BCUT2D eigenvalue weighted by molar-refractivity contribution is 0.376. The topological polar surface area (TPSA) is 74.1 Å². The van der Waals surface area contributed by atoms with E-state index in [1.807, 2.05) is 0 Å². The molecule has 0 aromatic carbocycles. The van der Waals surface area contributed by atoms with Gasteiger partial charge >= 0.3 is 5.76 Å². The monoisotopic (exact) mass is 179 g/mol. The van der Waals surface area contributed by atoms with Crippen molar-refractivity contribution in [3.8, 4) is 0 Å². The number of rotatable bonds is 2. The molecule has 0 unspecified atom stereocenters. The predicted octanol–water partition coefficient (Wildman–Crippen LogP) is -0.704. The first-order valence-corrected chi connectivity index (χ1v) is 2.97. The van der Waals surface area contributed by atoms with Crippen molar-refractivity contribution in [3.05, 3.63) is 16.4 Å². The molecular formula is C5H10ClN3O2. The molecule has 11 heavy (non-hydrogen) atoms. The van der Waals surface area contributed by atoms with Gasteiger partial charge in [0.2, 0.25) is 0 Å². The molecule has 0 atom stereocenters. The summed E-state index contributed by atoms with van der Waals surface area (Å²) in [6.45, 7) is 0.472. The molecule has 0 spiro atoms. The van der Waals surface area contributed by atoms with Crippen molar-refractivity contribution in [2.75, 3.05) is 6.54 Å². The van der Waals surface area contributed by atoms with Gasteiger partial charge in [-0.1, -0.05) is 5.16 Å².